The van der Waals surface area contributed by atoms with E-state index < -0.39 is 11.7 Å². The van der Waals surface area contributed by atoms with Gasteiger partial charge in [0.15, 0.2) is 0 Å². The van der Waals surface area contributed by atoms with Gasteiger partial charge >= 0.3 is 0 Å². The van der Waals surface area contributed by atoms with Crippen molar-refractivity contribution in [3.8, 4) is 0 Å². The van der Waals surface area contributed by atoms with Gasteiger partial charge in [-0.1, -0.05) is 24.3 Å². The van der Waals surface area contributed by atoms with Gasteiger partial charge in [-0.2, -0.15) is 0 Å². The van der Waals surface area contributed by atoms with Gasteiger partial charge in [-0.25, -0.2) is 4.39 Å². The standard InChI is InChI=1S/C21H16FIN2O2/c1-13-16(21(27)24-15-6-3-2-4-7-15)8-5-9-19(13)25-20(26)14-10-11-18(23)17(22)12-14/h2-12H,1H3,(H,24,27)(H,25,26). The number of anilines is 2. The first kappa shape index (κ1) is 19.0. The molecule has 0 unspecified atom stereocenters. The molecule has 0 aliphatic rings. The number of nitrogens with one attached hydrogen (secondary N) is 2. The second-order valence-corrected chi connectivity index (χ2v) is 7.04. The Morgan fingerprint density at radius 3 is 2.33 bits per heavy atom. The summed E-state index contributed by atoms with van der Waals surface area (Å²) in [6, 6.07) is 18.5. The second kappa shape index (κ2) is 8.30. The van der Waals surface area contributed by atoms with Crippen LogP contribution in [-0.4, -0.2) is 11.8 Å². The normalized spacial score (nSPS) is 10.3. The Balaban J connectivity index is 1.81. The summed E-state index contributed by atoms with van der Waals surface area (Å²) in [5.74, 6) is -1.15. The molecule has 3 rings (SSSR count). The number of hydrogen-bond acceptors (Lipinski definition) is 2. The number of hydrogen-bond donors (Lipinski definition) is 2. The zero-order valence-corrected chi connectivity index (χ0v) is 16.6. The van der Waals surface area contributed by atoms with Gasteiger partial charge in [0.25, 0.3) is 11.8 Å². The lowest BCUT2D eigenvalue weighted by atomic mass is 10.1. The van der Waals surface area contributed by atoms with Gasteiger partial charge in [0, 0.05) is 26.1 Å². The lowest BCUT2D eigenvalue weighted by Crippen LogP contribution is -2.17. The molecular formula is C21H16FIN2O2. The largest absolute Gasteiger partial charge is 0.322 e. The molecule has 0 saturated carbocycles. The van der Waals surface area contributed by atoms with Crippen molar-refractivity contribution in [2.45, 2.75) is 6.92 Å². The molecule has 136 valence electrons. The Morgan fingerprint density at radius 1 is 0.889 bits per heavy atom. The molecule has 0 radical (unpaired) electrons. The van der Waals surface area contributed by atoms with E-state index in [0.29, 0.717) is 26.1 Å². The lowest BCUT2D eigenvalue weighted by molar-refractivity contribution is 0.101. The van der Waals surface area contributed by atoms with Crippen molar-refractivity contribution in [2.75, 3.05) is 10.6 Å². The summed E-state index contributed by atoms with van der Waals surface area (Å²) in [6.07, 6.45) is 0. The topological polar surface area (TPSA) is 58.2 Å². The minimum atomic E-state index is -0.448. The van der Waals surface area contributed by atoms with Crippen LogP contribution in [0.15, 0.2) is 66.7 Å². The number of para-hydroxylation sites is 1. The second-order valence-electron chi connectivity index (χ2n) is 5.88. The fourth-order valence-electron chi connectivity index (χ4n) is 2.57. The van der Waals surface area contributed by atoms with E-state index in [-0.39, 0.29) is 11.5 Å². The molecule has 0 fully saturated rings. The van der Waals surface area contributed by atoms with Crippen molar-refractivity contribution in [3.05, 3.63) is 92.8 Å². The number of carbonyl (C=O) groups excluding carboxylic acids is 2. The highest BCUT2D eigenvalue weighted by Gasteiger charge is 2.15. The molecule has 0 aliphatic carbocycles. The fourth-order valence-corrected chi connectivity index (χ4v) is 2.90. The molecule has 0 atom stereocenters. The van der Waals surface area contributed by atoms with Crippen LogP contribution in [0.5, 0.6) is 0 Å². The summed E-state index contributed by atoms with van der Waals surface area (Å²) >= 11 is 1.86. The summed E-state index contributed by atoms with van der Waals surface area (Å²) in [6.45, 7) is 1.75. The highest BCUT2D eigenvalue weighted by atomic mass is 127. The monoisotopic (exact) mass is 474 g/mol. The highest BCUT2D eigenvalue weighted by molar-refractivity contribution is 14.1. The first-order valence-electron chi connectivity index (χ1n) is 8.18. The number of halogens is 2. The van der Waals surface area contributed by atoms with E-state index in [9.17, 15) is 14.0 Å². The van der Waals surface area contributed by atoms with Crippen molar-refractivity contribution in [2.24, 2.45) is 0 Å². The third-order valence-electron chi connectivity index (χ3n) is 4.04. The molecule has 2 amide bonds. The number of rotatable bonds is 4. The van der Waals surface area contributed by atoms with Crippen LogP contribution in [0.25, 0.3) is 0 Å². The summed E-state index contributed by atoms with van der Waals surface area (Å²) in [5.41, 5.74) is 2.48. The Labute approximate surface area is 169 Å². The van der Waals surface area contributed by atoms with Crippen molar-refractivity contribution in [1.82, 2.24) is 0 Å². The molecule has 0 aliphatic heterocycles. The zero-order chi connectivity index (χ0) is 19.4. The molecule has 27 heavy (non-hydrogen) atoms. The van der Waals surface area contributed by atoms with Gasteiger partial charge < -0.3 is 10.6 Å². The summed E-state index contributed by atoms with van der Waals surface area (Å²) in [5, 5.41) is 5.57. The van der Waals surface area contributed by atoms with Crippen LogP contribution in [0, 0.1) is 16.3 Å². The van der Waals surface area contributed by atoms with Gasteiger partial charge in [-0.3, -0.25) is 9.59 Å². The predicted octanol–water partition coefficient (Wildman–Crippen LogP) is 5.24. The molecule has 4 nitrogen and oxygen atoms in total. The van der Waals surface area contributed by atoms with Crippen molar-refractivity contribution in [3.63, 3.8) is 0 Å². The molecule has 0 spiro atoms. The van der Waals surface area contributed by atoms with Crippen LogP contribution in [-0.2, 0) is 0 Å². The molecule has 0 heterocycles. The Kier molecular flexibility index (Phi) is 5.85. The number of amides is 2. The van der Waals surface area contributed by atoms with Crippen LogP contribution < -0.4 is 10.6 Å². The number of carbonyl (C=O) groups is 2. The molecule has 3 aromatic carbocycles. The van der Waals surface area contributed by atoms with Crippen LogP contribution in [0.3, 0.4) is 0 Å². The van der Waals surface area contributed by atoms with Crippen LogP contribution in [0.1, 0.15) is 26.3 Å². The molecule has 3 aromatic rings. The number of benzene rings is 3. The Morgan fingerprint density at radius 2 is 1.63 bits per heavy atom. The third-order valence-corrected chi connectivity index (χ3v) is 4.91. The lowest BCUT2D eigenvalue weighted by Gasteiger charge is -2.13. The van der Waals surface area contributed by atoms with Crippen LogP contribution >= 0.6 is 22.6 Å². The maximum absolute atomic E-state index is 13.7. The SMILES string of the molecule is Cc1c(NC(=O)c2ccc(I)c(F)c2)cccc1C(=O)Nc1ccccc1. The quantitative estimate of drug-likeness (QED) is 0.508. The van der Waals surface area contributed by atoms with Gasteiger partial charge in [0.05, 0.1) is 0 Å². The predicted molar refractivity (Wildman–Crippen MR) is 113 cm³/mol. The van der Waals surface area contributed by atoms with Crippen molar-refractivity contribution >= 4 is 45.8 Å². The van der Waals surface area contributed by atoms with Gasteiger partial charge in [0.2, 0.25) is 0 Å². The minimum absolute atomic E-state index is 0.214. The maximum atomic E-state index is 13.7. The minimum Gasteiger partial charge on any atom is -0.322 e. The van der Waals surface area contributed by atoms with E-state index in [1.807, 2.05) is 40.8 Å². The molecule has 0 saturated heterocycles. The zero-order valence-electron chi connectivity index (χ0n) is 14.4. The van der Waals surface area contributed by atoms with E-state index in [1.165, 1.54) is 6.07 Å². The van der Waals surface area contributed by atoms with Crippen LogP contribution in [0.2, 0.25) is 0 Å². The van der Waals surface area contributed by atoms with E-state index in [2.05, 4.69) is 10.6 Å². The van der Waals surface area contributed by atoms with E-state index in [4.69, 9.17) is 0 Å². The maximum Gasteiger partial charge on any atom is 0.256 e. The Bertz CT molecular complexity index is 1010. The molecule has 0 bridgehead atoms. The third kappa shape index (κ3) is 4.51. The summed E-state index contributed by atoms with van der Waals surface area (Å²) in [4.78, 5) is 25.0. The van der Waals surface area contributed by atoms with E-state index >= 15 is 0 Å². The van der Waals surface area contributed by atoms with Gasteiger partial charge in [0.1, 0.15) is 5.82 Å². The summed E-state index contributed by atoms with van der Waals surface area (Å²) in [7, 11) is 0. The Hall–Kier alpha value is -2.74. The van der Waals surface area contributed by atoms with Crippen LogP contribution in [0.4, 0.5) is 15.8 Å². The van der Waals surface area contributed by atoms with E-state index in [0.717, 1.165) is 0 Å². The molecule has 6 heteroatoms. The molecule has 0 aromatic heterocycles. The van der Waals surface area contributed by atoms with Crippen molar-refractivity contribution < 1.29 is 14.0 Å². The smallest absolute Gasteiger partial charge is 0.256 e. The van der Waals surface area contributed by atoms with Gasteiger partial charge in [-0.05, 0) is 77.5 Å². The molecule has 2 N–H and O–H groups in total. The van der Waals surface area contributed by atoms with E-state index in [1.54, 1.807) is 49.4 Å². The average Bonchev–Trinajstić information content (AvgIpc) is 2.66. The highest BCUT2D eigenvalue weighted by Crippen LogP contribution is 2.22. The summed E-state index contributed by atoms with van der Waals surface area (Å²) < 4.78 is 14.1. The van der Waals surface area contributed by atoms with Crippen molar-refractivity contribution in [1.29, 1.82) is 0 Å². The first-order chi connectivity index (χ1) is 13.0. The fraction of sp³-hybridized carbons (Fsp3) is 0.0476. The molecular weight excluding hydrogens is 458 g/mol. The van der Waals surface area contributed by atoms with Gasteiger partial charge in [-0.15, -0.1) is 0 Å². The average molecular weight is 474 g/mol. The first-order valence-corrected chi connectivity index (χ1v) is 9.26.